The van der Waals surface area contributed by atoms with E-state index in [9.17, 15) is 5.11 Å². The molecular formula is C16H31IN4OS. The van der Waals surface area contributed by atoms with Crippen molar-refractivity contribution in [1.29, 1.82) is 0 Å². The maximum atomic E-state index is 9.20. The first-order valence-corrected chi connectivity index (χ1v) is 8.96. The number of halogens is 1. The Kier molecular flexibility index (Phi) is 12.7. The van der Waals surface area contributed by atoms with Gasteiger partial charge in [0.15, 0.2) is 5.96 Å². The van der Waals surface area contributed by atoms with Crippen LogP contribution in [0, 0.1) is 18.8 Å². The number of aromatic nitrogens is 1. The van der Waals surface area contributed by atoms with Crippen LogP contribution in [0.25, 0.3) is 0 Å². The van der Waals surface area contributed by atoms with Gasteiger partial charge in [0, 0.05) is 24.6 Å². The van der Waals surface area contributed by atoms with Crippen LogP contribution in [-0.4, -0.2) is 35.7 Å². The van der Waals surface area contributed by atoms with Gasteiger partial charge in [-0.1, -0.05) is 13.8 Å². The van der Waals surface area contributed by atoms with Gasteiger partial charge in [-0.3, -0.25) is 0 Å². The smallest absolute Gasteiger partial charge is 0.191 e. The molecule has 5 nitrogen and oxygen atoms in total. The predicted octanol–water partition coefficient (Wildman–Crippen LogP) is 3.17. The molecule has 0 aliphatic heterocycles. The van der Waals surface area contributed by atoms with Crippen molar-refractivity contribution in [2.24, 2.45) is 16.8 Å². The summed E-state index contributed by atoms with van der Waals surface area (Å²) in [4.78, 5) is 10.1. The first-order chi connectivity index (χ1) is 10.6. The third-order valence-electron chi connectivity index (χ3n) is 3.47. The fourth-order valence-corrected chi connectivity index (χ4v) is 3.06. The molecule has 3 N–H and O–H groups in total. The summed E-state index contributed by atoms with van der Waals surface area (Å²) in [5, 5.41) is 15.9. The summed E-state index contributed by atoms with van der Waals surface area (Å²) < 4.78 is 0. The molecule has 0 aliphatic carbocycles. The van der Waals surface area contributed by atoms with Gasteiger partial charge in [0.2, 0.25) is 0 Å². The van der Waals surface area contributed by atoms with Gasteiger partial charge in [0.25, 0.3) is 0 Å². The van der Waals surface area contributed by atoms with E-state index in [0.29, 0.717) is 18.4 Å². The van der Waals surface area contributed by atoms with Crippen LogP contribution in [-0.2, 0) is 6.54 Å². The molecule has 1 unspecified atom stereocenters. The van der Waals surface area contributed by atoms with Gasteiger partial charge < -0.3 is 15.7 Å². The Morgan fingerprint density at radius 2 is 2.13 bits per heavy atom. The molecule has 23 heavy (non-hydrogen) atoms. The molecule has 1 aromatic heterocycles. The highest BCUT2D eigenvalue weighted by atomic mass is 127. The molecule has 0 amide bonds. The highest BCUT2D eigenvalue weighted by Crippen LogP contribution is 2.15. The Morgan fingerprint density at radius 3 is 2.65 bits per heavy atom. The second-order valence-electron chi connectivity index (χ2n) is 5.94. The zero-order valence-electron chi connectivity index (χ0n) is 14.6. The lowest BCUT2D eigenvalue weighted by molar-refractivity contribution is 0.243. The predicted molar refractivity (Wildman–Crippen MR) is 110 cm³/mol. The molecule has 0 aliphatic rings. The fourth-order valence-electron chi connectivity index (χ4n) is 2.36. The first-order valence-electron chi connectivity index (χ1n) is 8.08. The maximum absolute atomic E-state index is 9.20. The van der Waals surface area contributed by atoms with Gasteiger partial charge in [0.1, 0.15) is 0 Å². The summed E-state index contributed by atoms with van der Waals surface area (Å²) in [7, 11) is 0. The normalized spacial score (nSPS) is 12.9. The minimum Gasteiger partial charge on any atom is -0.396 e. The van der Waals surface area contributed by atoms with Gasteiger partial charge in [-0.2, -0.15) is 0 Å². The number of hydrogen-bond acceptors (Lipinski definition) is 4. The highest BCUT2D eigenvalue weighted by Gasteiger charge is 2.11. The topological polar surface area (TPSA) is 69.5 Å². The molecule has 0 fully saturated rings. The standard InChI is InChI=1S/C16H30N4OS.HI/c1-5-17-16(19-10-15-13(4)20-11-22-15)18-9-14(6-7-21)8-12(2)3;/h11-12,14,21H,5-10H2,1-4H3,(H2,17,18,19);1H. The van der Waals surface area contributed by atoms with Crippen LogP contribution in [0.3, 0.4) is 0 Å². The Hall–Kier alpha value is -0.410. The summed E-state index contributed by atoms with van der Waals surface area (Å²) in [5.41, 5.74) is 2.92. The maximum Gasteiger partial charge on any atom is 0.191 e. The Morgan fingerprint density at radius 1 is 1.39 bits per heavy atom. The Bertz CT molecular complexity index is 451. The summed E-state index contributed by atoms with van der Waals surface area (Å²) in [6.07, 6.45) is 1.94. The minimum atomic E-state index is 0. The average molecular weight is 454 g/mol. The first kappa shape index (κ1) is 22.6. The Labute approximate surface area is 161 Å². The minimum absolute atomic E-state index is 0. The van der Waals surface area contributed by atoms with Crippen molar-refractivity contribution >= 4 is 41.3 Å². The zero-order chi connectivity index (χ0) is 16.4. The lowest BCUT2D eigenvalue weighted by Gasteiger charge is -2.20. The number of aryl methyl sites for hydroxylation is 1. The molecule has 7 heteroatoms. The zero-order valence-corrected chi connectivity index (χ0v) is 17.8. The largest absolute Gasteiger partial charge is 0.396 e. The van der Waals surface area contributed by atoms with E-state index in [1.165, 1.54) is 4.88 Å². The van der Waals surface area contributed by atoms with Crippen LogP contribution in [0.2, 0.25) is 0 Å². The third-order valence-corrected chi connectivity index (χ3v) is 4.39. The second-order valence-corrected chi connectivity index (χ2v) is 6.88. The summed E-state index contributed by atoms with van der Waals surface area (Å²) in [6, 6.07) is 0. The number of nitrogens with zero attached hydrogens (tertiary/aromatic N) is 2. The molecule has 0 spiro atoms. The van der Waals surface area contributed by atoms with Gasteiger partial charge in [-0.05, 0) is 38.5 Å². The van der Waals surface area contributed by atoms with E-state index < -0.39 is 0 Å². The number of thiazole rings is 1. The van der Waals surface area contributed by atoms with E-state index in [2.05, 4.69) is 41.4 Å². The lowest BCUT2D eigenvalue weighted by Crippen LogP contribution is -2.40. The van der Waals surface area contributed by atoms with Crippen LogP contribution >= 0.6 is 35.3 Å². The van der Waals surface area contributed by atoms with Crippen LogP contribution < -0.4 is 10.6 Å². The molecule has 1 aromatic rings. The van der Waals surface area contributed by atoms with Gasteiger partial charge in [-0.25, -0.2) is 9.98 Å². The number of aliphatic hydroxyl groups excluding tert-OH is 1. The van der Waals surface area contributed by atoms with Crippen LogP contribution in [0.15, 0.2) is 10.5 Å². The Balaban J connectivity index is 0.00000484. The number of hydrogen-bond donors (Lipinski definition) is 3. The highest BCUT2D eigenvalue weighted by molar-refractivity contribution is 14.0. The average Bonchev–Trinajstić information content (AvgIpc) is 2.87. The molecule has 1 rings (SSSR count). The van der Waals surface area contributed by atoms with Gasteiger partial charge >= 0.3 is 0 Å². The summed E-state index contributed by atoms with van der Waals surface area (Å²) in [6.45, 7) is 11.1. The van der Waals surface area contributed by atoms with Crippen LogP contribution in [0.1, 0.15) is 44.2 Å². The van der Waals surface area contributed by atoms with Crippen molar-refractivity contribution in [3.63, 3.8) is 0 Å². The molecule has 0 saturated carbocycles. The number of nitrogens with one attached hydrogen (secondary N) is 2. The van der Waals surface area contributed by atoms with E-state index in [1.807, 2.05) is 12.4 Å². The number of aliphatic hydroxyl groups is 1. The third kappa shape index (κ3) is 9.46. The summed E-state index contributed by atoms with van der Waals surface area (Å²) >= 11 is 1.64. The molecule has 134 valence electrons. The number of guanidine groups is 1. The van der Waals surface area contributed by atoms with Crippen molar-refractivity contribution in [3.8, 4) is 0 Å². The number of rotatable bonds is 9. The van der Waals surface area contributed by atoms with E-state index >= 15 is 0 Å². The van der Waals surface area contributed by atoms with Crippen molar-refractivity contribution in [1.82, 2.24) is 15.6 Å². The molecular weight excluding hydrogens is 423 g/mol. The van der Waals surface area contributed by atoms with E-state index in [-0.39, 0.29) is 30.6 Å². The van der Waals surface area contributed by atoms with Crippen LogP contribution in [0.4, 0.5) is 0 Å². The van der Waals surface area contributed by atoms with Crippen molar-refractivity contribution in [3.05, 3.63) is 16.1 Å². The van der Waals surface area contributed by atoms with Crippen molar-refractivity contribution in [2.75, 3.05) is 19.7 Å². The second kappa shape index (κ2) is 12.9. The summed E-state index contributed by atoms with van der Waals surface area (Å²) in [5.74, 6) is 1.94. The van der Waals surface area contributed by atoms with E-state index in [0.717, 1.165) is 37.6 Å². The van der Waals surface area contributed by atoms with E-state index in [4.69, 9.17) is 0 Å². The molecule has 0 radical (unpaired) electrons. The van der Waals surface area contributed by atoms with Gasteiger partial charge in [0.05, 0.1) is 17.7 Å². The number of aliphatic imine (C=N–C) groups is 1. The lowest BCUT2D eigenvalue weighted by atomic mass is 9.94. The van der Waals surface area contributed by atoms with Crippen LogP contribution in [0.5, 0.6) is 0 Å². The fraction of sp³-hybridized carbons (Fsp3) is 0.750. The monoisotopic (exact) mass is 454 g/mol. The molecule has 0 bridgehead atoms. The van der Waals surface area contributed by atoms with E-state index in [1.54, 1.807) is 11.3 Å². The quantitative estimate of drug-likeness (QED) is 0.305. The molecule has 0 aromatic carbocycles. The SMILES string of the molecule is CCNC(=NCc1scnc1C)NCC(CCO)CC(C)C.I. The molecule has 1 heterocycles. The van der Waals surface area contributed by atoms with Crippen molar-refractivity contribution in [2.45, 2.75) is 47.1 Å². The van der Waals surface area contributed by atoms with Crippen molar-refractivity contribution < 1.29 is 5.11 Å². The molecule has 0 saturated heterocycles. The molecule has 1 atom stereocenters. The van der Waals surface area contributed by atoms with Gasteiger partial charge in [-0.15, -0.1) is 35.3 Å².